The lowest BCUT2D eigenvalue weighted by Gasteiger charge is -2.40. The highest BCUT2D eigenvalue weighted by Crippen LogP contribution is 2.43. The van der Waals surface area contributed by atoms with Crippen LogP contribution < -0.4 is 0 Å². The number of benzene rings is 1. The summed E-state index contributed by atoms with van der Waals surface area (Å²) in [4.78, 5) is 0. The second-order valence-corrected chi connectivity index (χ2v) is 10.5. The molecule has 4 heteroatoms. The van der Waals surface area contributed by atoms with Crippen molar-refractivity contribution in [2.45, 2.75) is 77.4 Å². The van der Waals surface area contributed by atoms with E-state index in [4.69, 9.17) is 21.1 Å². The Kier molecular flexibility index (Phi) is 8.48. The Morgan fingerprint density at radius 2 is 1.55 bits per heavy atom. The van der Waals surface area contributed by atoms with E-state index < -0.39 is 0 Å². The summed E-state index contributed by atoms with van der Waals surface area (Å²) in [5, 5.41) is 0.221. The molecule has 0 radical (unpaired) electrons. The fourth-order valence-corrected chi connectivity index (χ4v) is 6.21. The van der Waals surface area contributed by atoms with Crippen LogP contribution >= 0.6 is 11.6 Å². The monoisotopic (exact) mass is 448 g/mol. The summed E-state index contributed by atoms with van der Waals surface area (Å²) in [5.74, 6) is 3.30. The van der Waals surface area contributed by atoms with Gasteiger partial charge in [0.05, 0.1) is 18.2 Å². The van der Waals surface area contributed by atoms with Crippen molar-refractivity contribution < 1.29 is 13.9 Å². The number of hydrogen-bond donors (Lipinski definition) is 0. The number of rotatable bonds is 6. The normalized spacial score (nSPS) is 34.8. The van der Waals surface area contributed by atoms with Gasteiger partial charge in [0, 0.05) is 11.8 Å². The summed E-state index contributed by atoms with van der Waals surface area (Å²) in [6, 6.07) is 5.26. The van der Waals surface area contributed by atoms with Gasteiger partial charge in [0.15, 0.2) is 6.29 Å². The number of ether oxygens (including phenoxy) is 2. The highest BCUT2D eigenvalue weighted by molar-refractivity contribution is 6.30. The van der Waals surface area contributed by atoms with Crippen LogP contribution in [0.15, 0.2) is 30.4 Å². The lowest BCUT2D eigenvalue weighted by Crippen LogP contribution is -2.38. The zero-order valence-electron chi connectivity index (χ0n) is 18.9. The second-order valence-electron chi connectivity index (χ2n) is 10.1. The molecule has 0 amide bonds. The van der Waals surface area contributed by atoms with Gasteiger partial charge in [0.25, 0.3) is 0 Å². The maximum Gasteiger partial charge on any atom is 0.160 e. The van der Waals surface area contributed by atoms with E-state index >= 15 is 0 Å². The van der Waals surface area contributed by atoms with Crippen molar-refractivity contribution in [3.8, 4) is 0 Å². The molecule has 1 aliphatic heterocycles. The van der Waals surface area contributed by atoms with E-state index in [1.807, 2.05) is 6.07 Å². The van der Waals surface area contributed by atoms with Gasteiger partial charge in [-0.25, -0.2) is 4.39 Å². The molecule has 0 N–H and O–H groups in total. The zero-order chi connectivity index (χ0) is 21.6. The molecule has 0 spiro atoms. The summed E-state index contributed by atoms with van der Waals surface area (Å²) in [5.41, 5.74) is 1.08. The Morgan fingerprint density at radius 1 is 0.935 bits per heavy atom. The summed E-state index contributed by atoms with van der Waals surface area (Å²) >= 11 is 5.80. The highest BCUT2D eigenvalue weighted by Gasteiger charge is 2.35. The smallest absolute Gasteiger partial charge is 0.160 e. The summed E-state index contributed by atoms with van der Waals surface area (Å²) < 4.78 is 25.7. The Hall–Kier alpha value is -0.900. The Balaban J connectivity index is 1.15. The first-order chi connectivity index (χ1) is 15.1. The van der Waals surface area contributed by atoms with Crippen molar-refractivity contribution in [2.24, 2.45) is 29.6 Å². The van der Waals surface area contributed by atoms with Crippen LogP contribution in [-0.4, -0.2) is 19.5 Å². The standard InChI is InChI=1S/C27H38ClFO2/c1-2-3-21-17-30-27(31-18-21)24-13-11-23(12-14-24)22-9-6-19(7-10-22)4-5-20-8-15-25(28)26(29)16-20/h2-3,8,15-16,19,21-24,27H,4-7,9-14,17-18H2,1H3/b3-2+. The van der Waals surface area contributed by atoms with Gasteiger partial charge >= 0.3 is 0 Å². The zero-order valence-corrected chi connectivity index (χ0v) is 19.7. The molecule has 2 aliphatic carbocycles. The minimum Gasteiger partial charge on any atom is -0.352 e. The fraction of sp³-hybridized carbons (Fsp3) is 0.704. The van der Waals surface area contributed by atoms with Crippen molar-refractivity contribution in [2.75, 3.05) is 13.2 Å². The van der Waals surface area contributed by atoms with E-state index in [0.717, 1.165) is 43.0 Å². The lowest BCUT2D eigenvalue weighted by atomic mass is 9.68. The second kappa shape index (κ2) is 11.3. The SMILES string of the molecule is C/C=C/C1COC(C2CCC(C3CCC(CCc4ccc(Cl)c(F)c4)CC3)CC2)OC1. The van der Waals surface area contributed by atoms with E-state index in [2.05, 4.69) is 19.1 Å². The van der Waals surface area contributed by atoms with Crippen LogP contribution in [0.4, 0.5) is 4.39 Å². The molecule has 4 rings (SSSR count). The summed E-state index contributed by atoms with van der Waals surface area (Å²) in [6.07, 6.45) is 17.0. The molecule has 1 aromatic carbocycles. The predicted octanol–water partition coefficient (Wildman–Crippen LogP) is 7.59. The molecule has 1 heterocycles. The molecule has 2 nitrogen and oxygen atoms in total. The molecule has 3 fully saturated rings. The molecule has 31 heavy (non-hydrogen) atoms. The number of aryl methyl sites for hydroxylation is 1. The molecular formula is C27H38ClFO2. The third-order valence-electron chi connectivity index (χ3n) is 8.00. The van der Waals surface area contributed by atoms with Gasteiger partial charge in [0.2, 0.25) is 0 Å². The van der Waals surface area contributed by atoms with Gasteiger partial charge in [-0.1, -0.05) is 42.7 Å². The van der Waals surface area contributed by atoms with Crippen molar-refractivity contribution in [3.63, 3.8) is 0 Å². The van der Waals surface area contributed by atoms with Crippen molar-refractivity contribution >= 4 is 11.6 Å². The third-order valence-corrected chi connectivity index (χ3v) is 8.31. The van der Waals surface area contributed by atoms with Gasteiger partial charge in [0.1, 0.15) is 5.82 Å². The molecule has 0 aromatic heterocycles. The van der Waals surface area contributed by atoms with Crippen LogP contribution in [0.2, 0.25) is 5.02 Å². The van der Waals surface area contributed by atoms with Crippen molar-refractivity contribution in [1.29, 1.82) is 0 Å². The van der Waals surface area contributed by atoms with E-state index in [1.54, 1.807) is 12.1 Å². The predicted molar refractivity (Wildman–Crippen MR) is 125 cm³/mol. The molecule has 3 aliphatic rings. The minimum atomic E-state index is -0.292. The molecule has 172 valence electrons. The molecule has 0 bridgehead atoms. The highest BCUT2D eigenvalue weighted by atomic mass is 35.5. The maximum absolute atomic E-state index is 13.6. The average molecular weight is 449 g/mol. The average Bonchev–Trinajstić information content (AvgIpc) is 2.81. The number of hydrogen-bond acceptors (Lipinski definition) is 2. The third kappa shape index (κ3) is 6.33. The number of allylic oxidation sites excluding steroid dienone is 1. The van der Waals surface area contributed by atoms with Crippen LogP contribution in [0.1, 0.15) is 70.3 Å². The fourth-order valence-electron chi connectivity index (χ4n) is 6.09. The van der Waals surface area contributed by atoms with Crippen molar-refractivity contribution in [1.82, 2.24) is 0 Å². The number of halogens is 2. The van der Waals surface area contributed by atoms with Gasteiger partial charge in [-0.2, -0.15) is 0 Å². The van der Waals surface area contributed by atoms with Crippen LogP contribution in [0.3, 0.4) is 0 Å². The molecule has 0 atom stereocenters. The molecular weight excluding hydrogens is 411 g/mol. The minimum absolute atomic E-state index is 0.0240. The first-order valence-electron chi connectivity index (χ1n) is 12.4. The first-order valence-corrected chi connectivity index (χ1v) is 12.8. The first kappa shape index (κ1) is 23.3. The Morgan fingerprint density at radius 3 is 2.16 bits per heavy atom. The van der Waals surface area contributed by atoms with E-state index in [1.165, 1.54) is 57.8 Å². The van der Waals surface area contributed by atoms with Crippen LogP contribution in [0.25, 0.3) is 0 Å². The lowest BCUT2D eigenvalue weighted by molar-refractivity contribution is -0.223. The Labute approximate surface area is 192 Å². The Bertz CT molecular complexity index is 712. The largest absolute Gasteiger partial charge is 0.352 e. The van der Waals surface area contributed by atoms with E-state index in [9.17, 15) is 4.39 Å². The van der Waals surface area contributed by atoms with Gasteiger partial charge < -0.3 is 9.47 Å². The van der Waals surface area contributed by atoms with E-state index in [-0.39, 0.29) is 17.1 Å². The summed E-state index contributed by atoms with van der Waals surface area (Å²) in [6.45, 7) is 3.67. The van der Waals surface area contributed by atoms with Crippen LogP contribution in [0.5, 0.6) is 0 Å². The summed E-state index contributed by atoms with van der Waals surface area (Å²) in [7, 11) is 0. The van der Waals surface area contributed by atoms with Crippen molar-refractivity contribution in [3.05, 3.63) is 46.8 Å². The van der Waals surface area contributed by atoms with E-state index in [0.29, 0.717) is 11.8 Å². The van der Waals surface area contributed by atoms with Gasteiger partial charge in [-0.3, -0.25) is 0 Å². The van der Waals surface area contributed by atoms with Gasteiger partial charge in [-0.15, -0.1) is 0 Å². The molecule has 0 unspecified atom stereocenters. The molecule has 2 saturated carbocycles. The molecule has 1 aromatic rings. The van der Waals surface area contributed by atoms with Gasteiger partial charge in [-0.05, 0) is 93.7 Å². The van der Waals surface area contributed by atoms with Crippen LogP contribution in [-0.2, 0) is 15.9 Å². The molecule has 1 saturated heterocycles. The maximum atomic E-state index is 13.6. The topological polar surface area (TPSA) is 18.5 Å². The quantitative estimate of drug-likeness (QED) is 0.417. The van der Waals surface area contributed by atoms with Crippen LogP contribution in [0, 0.1) is 35.4 Å².